The van der Waals surface area contributed by atoms with Crippen molar-refractivity contribution in [2.45, 2.75) is 19.3 Å². The Morgan fingerprint density at radius 3 is 2.62 bits per heavy atom. The van der Waals surface area contributed by atoms with Crippen molar-refractivity contribution in [1.82, 2.24) is 4.98 Å². The first-order valence-electron chi connectivity index (χ1n) is 8.38. The van der Waals surface area contributed by atoms with Crippen LogP contribution in [0.3, 0.4) is 0 Å². The molecule has 2 aromatic rings. The number of carboxylic acids is 1. The minimum Gasteiger partial charge on any atom is -0.481 e. The molecule has 2 bridgehead atoms. The summed E-state index contributed by atoms with van der Waals surface area (Å²) in [4.78, 5) is 28.7. The van der Waals surface area contributed by atoms with Crippen molar-refractivity contribution in [1.29, 1.82) is 0 Å². The highest BCUT2D eigenvalue weighted by molar-refractivity contribution is 7.14. The number of halogens is 2. The number of carbonyl (C=O) groups excluding carboxylic acids is 1. The van der Waals surface area contributed by atoms with Crippen LogP contribution in [0.15, 0.2) is 23.6 Å². The molecular weight excluding hydrogens is 395 g/mol. The molecule has 0 unspecified atom stereocenters. The van der Waals surface area contributed by atoms with Crippen molar-refractivity contribution in [2.75, 3.05) is 5.32 Å². The van der Waals surface area contributed by atoms with Gasteiger partial charge in [0.1, 0.15) is 0 Å². The maximum Gasteiger partial charge on any atom is 0.307 e. The van der Waals surface area contributed by atoms with Crippen LogP contribution >= 0.6 is 34.5 Å². The monoisotopic (exact) mass is 410 g/mol. The first-order valence-corrected chi connectivity index (χ1v) is 10.0. The average molecular weight is 411 g/mol. The van der Waals surface area contributed by atoms with E-state index in [0.717, 1.165) is 24.8 Å². The maximum atomic E-state index is 12.7. The molecule has 1 amide bonds. The lowest BCUT2D eigenvalue weighted by Gasteiger charge is -2.26. The summed E-state index contributed by atoms with van der Waals surface area (Å²) < 4.78 is 0. The number of rotatable bonds is 4. The number of nitrogens with one attached hydrogen (secondary N) is 1. The standard InChI is InChI=1S/C18H16Cl2N2O3S/c19-10-3-4-11(12(20)6-10)13-7-26-18(21-13)22-16(23)14-8-1-2-9(5-8)15(14)17(24)25/h3-4,6-9,14-15H,1-2,5H2,(H,24,25)(H,21,22,23)/t8-,9+,14-,15-/m0/s1. The number of aromatic nitrogens is 1. The first kappa shape index (κ1) is 17.8. The van der Waals surface area contributed by atoms with E-state index in [0.29, 0.717) is 20.9 Å². The molecule has 136 valence electrons. The van der Waals surface area contributed by atoms with E-state index in [1.165, 1.54) is 11.3 Å². The van der Waals surface area contributed by atoms with Gasteiger partial charge in [0.05, 0.1) is 22.6 Å². The zero-order valence-electron chi connectivity index (χ0n) is 13.6. The van der Waals surface area contributed by atoms with Crippen LogP contribution in [0.5, 0.6) is 0 Å². The average Bonchev–Trinajstić information content (AvgIpc) is 3.29. The molecule has 1 aromatic heterocycles. The van der Waals surface area contributed by atoms with Crippen molar-refractivity contribution in [3.05, 3.63) is 33.6 Å². The van der Waals surface area contributed by atoms with Gasteiger partial charge in [-0.05, 0) is 49.3 Å². The topological polar surface area (TPSA) is 79.3 Å². The highest BCUT2D eigenvalue weighted by atomic mass is 35.5. The Bertz CT molecular complexity index is 885. The molecule has 2 saturated carbocycles. The van der Waals surface area contributed by atoms with Crippen LogP contribution in [0.2, 0.25) is 10.0 Å². The third-order valence-corrected chi connectivity index (χ3v) is 6.75. The number of nitrogens with zero attached hydrogens (tertiary/aromatic N) is 1. The number of fused-ring (bicyclic) bond motifs is 2. The third kappa shape index (κ3) is 3.10. The van der Waals surface area contributed by atoms with E-state index in [4.69, 9.17) is 23.2 Å². The lowest BCUT2D eigenvalue weighted by atomic mass is 9.79. The molecule has 1 heterocycles. The third-order valence-electron chi connectivity index (χ3n) is 5.45. The fourth-order valence-electron chi connectivity index (χ4n) is 4.36. The van der Waals surface area contributed by atoms with Gasteiger partial charge >= 0.3 is 5.97 Å². The summed E-state index contributed by atoms with van der Waals surface area (Å²) in [5, 5.41) is 15.6. The van der Waals surface area contributed by atoms with Gasteiger partial charge in [-0.25, -0.2) is 4.98 Å². The fourth-order valence-corrected chi connectivity index (χ4v) is 5.58. The lowest BCUT2D eigenvalue weighted by Crippen LogP contribution is -2.37. The number of aliphatic carboxylic acids is 1. The maximum absolute atomic E-state index is 12.7. The van der Waals surface area contributed by atoms with Crippen LogP contribution in [0.4, 0.5) is 5.13 Å². The minimum absolute atomic E-state index is 0.118. The van der Waals surface area contributed by atoms with E-state index >= 15 is 0 Å². The molecule has 2 fully saturated rings. The van der Waals surface area contributed by atoms with Gasteiger partial charge < -0.3 is 10.4 Å². The first-order chi connectivity index (χ1) is 12.4. The molecule has 2 aliphatic carbocycles. The predicted octanol–water partition coefficient (Wildman–Crippen LogP) is 4.80. The number of benzene rings is 1. The number of thiazole rings is 1. The van der Waals surface area contributed by atoms with Gasteiger partial charge in [0.15, 0.2) is 5.13 Å². The van der Waals surface area contributed by atoms with Gasteiger partial charge in [-0.3, -0.25) is 9.59 Å². The van der Waals surface area contributed by atoms with Crippen molar-refractivity contribution in [2.24, 2.45) is 23.7 Å². The number of amides is 1. The Balaban J connectivity index is 1.52. The van der Waals surface area contributed by atoms with Crippen molar-refractivity contribution in [3.63, 3.8) is 0 Å². The number of carbonyl (C=O) groups is 2. The van der Waals surface area contributed by atoms with E-state index in [2.05, 4.69) is 10.3 Å². The SMILES string of the molecule is O=C(O)[C@H]1[C@@H]2CC[C@@H](C2)[C@@H]1C(=O)Nc1nc(-c2ccc(Cl)cc2Cl)cs1. The smallest absolute Gasteiger partial charge is 0.307 e. The fraction of sp³-hybridized carbons (Fsp3) is 0.389. The second kappa shape index (κ2) is 6.83. The molecular formula is C18H16Cl2N2O3S. The predicted molar refractivity (Wildman–Crippen MR) is 102 cm³/mol. The van der Waals surface area contributed by atoms with Gasteiger partial charge in [0, 0.05) is 16.0 Å². The summed E-state index contributed by atoms with van der Waals surface area (Å²) in [6.45, 7) is 0. The Hall–Kier alpha value is -1.63. The van der Waals surface area contributed by atoms with Crippen LogP contribution in [0.25, 0.3) is 11.3 Å². The van der Waals surface area contributed by atoms with Gasteiger partial charge in [-0.1, -0.05) is 23.2 Å². The Morgan fingerprint density at radius 1 is 1.19 bits per heavy atom. The zero-order valence-corrected chi connectivity index (χ0v) is 15.9. The van der Waals surface area contributed by atoms with Crippen molar-refractivity contribution >= 4 is 51.5 Å². The van der Waals surface area contributed by atoms with Crippen molar-refractivity contribution < 1.29 is 14.7 Å². The van der Waals surface area contributed by atoms with Crippen LogP contribution in [-0.2, 0) is 9.59 Å². The molecule has 26 heavy (non-hydrogen) atoms. The quantitative estimate of drug-likeness (QED) is 0.758. The summed E-state index contributed by atoms with van der Waals surface area (Å²) >= 11 is 13.4. The van der Waals surface area contributed by atoms with Gasteiger partial charge in [0.2, 0.25) is 5.91 Å². The van der Waals surface area contributed by atoms with Gasteiger partial charge in [-0.15, -0.1) is 11.3 Å². The molecule has 4 atom stereocenters. The molecule has 0 saturated heterocycles. The van der Waals surface area contributed by atoms with E-state index in [1.54, 1.807) is 23.6 Å². The number of hydrogen-bond acceptors (Lipinski definition) is 4. The molecule has 0 radical (unpaired) electrons. The van der Waals surface area contributed by atoms with Gasteiger partial charge in [0.25, 0.3) is 0 Å². The lowest BCUT2D eigenvalue weighted by molar-refractivity contribution is -0.148. The molecule has 5 nitrogen and oxygen atoms in total. The van der Waals surface area contributed by atoms with Crippen LogP contribution < -0.4 is 5.32 Å². The summed E-state index contributed by atoms with van der Waals surface area (Å²) in [7, 11) is 0. The molecule has 8 heteroatoms. The van der Waals surface area contributed by atoms with Crippen LogP contribution in [0, 0.1) is 23.7 Å². The number of anilines is 1. The molecule has 4 rings (SSSR count). The van der Waals surface area contributed by atoms with Gasteiger partial charge in [-0.2, -0.15) is 0 Å². The Kier molecular flexibility index (Phi) is 4.67. The molecule has 2 N–H and O–H groups in total. The Labute approximate surface area is 164 Å². The highest BCUT2D eigenvalue weighted by Crippen LogP contribution is 2.52. The van der Waals surface area contributed by atoms with E-state index in [-0.39, 0.29) is 17.7 Å². The summed E-state index contributed by atoms with van der Waals surface area (Å²) in [6, 6.07) is 5.15. The normalized spacial score (nSPS) is 26.8. The Morgan fingerprint density at radius 2 is 1.92 bits per heavy atom. The van der Waals surface area contributed by atoms with E-state index < -0.39 is 17.8 Å². The summed E-state index contributed by atoms with van der Waals surface area (Å²) in [5.41, 5.74) is 1.38. The second-order valence-electron chi connectivity index (χ2n) is 6.87. The highest BCUT2D eigenvalue weighted by Gasteiger charge is 2.54. The zero-order chi connectivity index (χ0) is 18.4. The van der Waals surface area contributed by atoms with Crippen LogP contribution in [0.1, 0.15) is 19.3 Å². The van der Waals surface area contributed by atoms with Crippen molar-refractivity contribution in [3.8, 4) is 11.3 Å². The second-order valence-corrected chi connectivity index (χ2v) is 8.58. The summed E-state index contributed by atoms with van der Waals surface area (Å²) in [6.07, 6.45) is 2.66. The molecule has 0 aliphatic heterocycles. The molecule has 2 aliphatic rings. The van der Waals surface area contributed by atoms with E-state index in [1.807, 2.05) is 0 Å². The van der Waals surface area contributed by atoms with E-state index in [9.17, 15) is 14.7 Å². The summed E-state index contributed by atoms with van der Waals surface area (Å²) in [5.74, 6) is -1.89. The van der Waals surface area contributed by atoms with Crippen LogP contribution in [-0.4, -0.2) is 22.0 Å². The number of hydrogen-bond donors (Lipinski definition) is 2. The molecule has 1 aromatic carbocycles. The minimum atomic E-state index is -0.870. The molecule has 0 spiro atoms. The number of carboxylic acid groups (broad SMARTS) is 1. The largest absolute Gasteiger partial charge is 0.481 e.